The van der Waals surface area contributed by atoms with Gasteiger partial charge in [0.2, 0.25) is 5.91 Å². The Hall–Kier alpha value is -2.57. The highest BCUT2D eigenvalue weighted by Gasteiger charge is 2.27. The van der Waals surface area contributed by atoms with Crippen LogP contribution in [0.4, 0.5) is 11.5 Å². The highest BCUT2D eigenvalue weighted by Crippen LogP contribution is 2.33. The van der Waals surface area contributed by atoms with Crippen molar-refractivity contribution < 1.29 is 4.79 Å². The molecule has 0 aliphatic carbocycles. The summed E-state index contributed by atoms with van der Waals surface area (Å²) in [5, 5.41) is 4.54. The molecule has 1 N–H and O–H groups in total. The largest absolute Gasteiger partial charge is 0.354 e. The summed E-state index contributed by atoms with van der Waals surface area (Å²) < 4.78 is 0. The van der Waals surface area contributed by atoms with Gasteiger partial charge >= 0.3 is 0 Å². The normalized spacial score (nSPS) is 14.6. The zero-order valence-corrected chi connectivity index (χ0v) is 17.4. The van der Waals surface area contributed by atoms with Crippen molar-refractivity contribution in [2.45, 2.75) is 22.8 Å². The third-order valence-corrected chi connectivity index (χ3v) is 6.12. The second-order valence-corrected chi connectivity index (χ2v) is 8.36. The van der Waals surface area contributed by atoms with Gasteiger partial charge in [0.15, 0.2) is 5.82 Å². The van der Waals surface area contributed by atoms with E-state index in [9.17, 15) is 4.79 Å². The molecule has 1 amide bonds. The number of nitrogens with one attached hydrogen (secondary N) is 1. The van der Waals surface area contributed by atoms with E-state index in [1.165, 1.54) is 0 Å². The lowest BCUT2D eigenvalue weighted by Crippen LogP contribution is -2.38. The third-order valence-electron chi connectivity index (χ3n) is 4.88. The van der Waals surface area contributed by atoms with Gasteiger partial charge < -0.3 is 10.2 Å². The Kier molecular flexibility index (Phi) is 6.32. The lowest BCUT2D eigenvalue weighted by molar-refractivity contribution is -0.120. The fourth-order valence-electron chi connectivity index (χ4n) is 3.34. The average Bonchev–Trinajstić information content (AvgIpc) is 2.77. The molecule has 0 radical (unpaired) electrons. The molecular weight excluding hydrogens is 404 g/mol. The van der Waals surface area contributed by atoms with Gasteiger partial charge in [0.1, 0.15) is 5.03 Å². The Labute approximate surface area is 179 Å². The predicted octanol–water partition coefficient (Wildman–Crippen LogP) is 5.14. The van der Waals surface area contributed by atoms with Crippen molar-refractivity contribution in [3.8, 4) is 0 Å². The lowest BCUT2D eigenvalue weighted by Gasteiger charge is -2.32. The molecule has 1 saturated heterocycles. The molecule has 7 heteroatoms. The van der Waals surface area contributed by atoms with Gasteiger partial charge in [-0.15, -0.1) is 0 Å². The monoisotopic (exact) mass is 424 g/mol. The van der Waals surface area contributed by atoms with E-state index in [1.54, 1.807) is 36.3 Å². The van der Waals surface area contributed by atoms with E-state index in [0.29, 0.717) is 5.02 Å². The van der Waals surface area contributed by atoms with Crippen LogP contribution in [0.2, 0.25) is 5.02 Å². The first-order valence-corrected chi connectivity index (χ1v) is 10.7. The van der Waals surface area contributed by atoms with Gasteiger partial charge in [-0.1, -0.05) is 41.6 Å². The van der Waals surface area contributed by atoms with Crippen LogP contribution in [0.1, 0.15) is 12.8 Å². The second-order valence-electron chi connectivity index (χ2n) is 6.86. The molecular formula is C22H21ClN4OS. The molecule has 2 heterocycles. The molecule has 3 aromatic rings. The summed E-state index contributed by atoms with van der Waals surface area (Å²) in [5.41, 5.74) is 0.775. The SMILES string of the molecule is O=C(Nc1ccc(Cl)cc1)C1CCN(c2nccnc2Sc2ccccc2)CC1. The standard InChI is InChI=1S/C22H21ClN4OS/c23-17-6-8-18(9-7-17)26-21(28)16-10-14-27(15-11-16)20-22(25-13-12-24-20)29-19-4-2-1-3-5-19/h1-9,12-13,16H,10-11,14-15H2,(H,26,28). The minimum atomic E-state index is -0.0103. The molecule has 0 unspecified atom stereocenters. The fourth-order valence-corrected chi connectivity index (χ4v) is 4.37. The Morgan fingerprint density at radius 2 is 1.69 bits per heavy atom. The Bertz CT molecular complexity index is 960. The van der Waals surface area contributed by atoms with Crippen molar-refractivity contribution in [1.82, 2.24) is 9.97 Å². The number of amides is 1. The number of aromatic nitrogens is 2. The van der Waals surface area contributed by atoms with Gasteiger partial charge in [0.05, 0.1) is 0 Å². The van der Waals surface area contributed by atoms with Crippen LogP contribution in [0.15, 0.2) is 76.9 Å². The Morgan fingerprint density at radius 1 is 1.00 bits per heavy atom. The van der Waals surface area contributed by atoms with Crippen LogP contribution in [-0.4, -0.2) is 29.0 Å². The topological polar surface area (TPSA) is 58.1 Å². The van der Waals surface area contributed by atoms with Crippen molar-refractivity contribution in [2.75, 3.05) is 23.3 Å². The molecule has 1 aliphatic heterocycles. The van der Waals surface area contributed by atoms with Crippen molar-refractivity contribution in [1.29, 1.82) is 0 Å². The molecule has 1 aromatic heterocycles. The molecule has 0 saturated carbocycles. The van der Waals surface area contributed by atoms with E-state index in [1.807, 2.05) is 30.3 Å². The van der Waals surface area contributed by atoms with E-state index in [0.717, 1.165) is 47.4 Å². The number of anilines is 2. The van der Waals surface area contributed by atoms with E-state index in [2.05, 4.69) is 32.3 Å². The molecule has 5 nitrogen and oxygen atoms in total. The van der Waals surface area contributed by atoms with E-state index in [-0.39, 0.29) is 11.8 Å². The van der Waals surface area contributed by atoms with Crippen LogP contribution in [0.25, 0.3) is 0 Å². The summed E-state index contributed by atoms with van der Waals surface area (Å²) >= 11 is 7.52. The van der Waals surface area contributed by atoms with Crippen molar-refractivity contribution in [3.05, 3.63) is 72.0 Å². The van der Waals surface area contributed by atoms with Crippen LogP contribution in [-0.2, 0) is 4.79 Å². The van der Waals surface area contributed by atoms with Crippen molar-refractivity contribution in [3.63, 3.8) is 0 Å². The van der Waals surface area contributed by atoms with E-state index < -0.39 is 0 Å². The van der Waals surface area contributed by atoms with Crippen molar-refractivity contribution >= 4 is 40.8 Å². The van der Waals surface area contributed by atoms with Gasteiger partial charge in [-0.25, -0.2) is 9.97 Å². The molecule has 1 aliphatic rings. The molecule has 29 heavy (non-hydrogen) atoms. The summed E-state index contributed by atoms with van der Waals surface area (Å²) in [6.07, 6.45) is 5.02. The molecule has 4 rings (SSSR count). The smallest absolute Gasteiger partial charge is 0.227 e. The average molecular weight is 425 g/mol. The quantitative estimate of drug-likeness (QED) is 0.614. The molecule has 148 valence electrons. The lowest BCUT2D eigenvalue weighted by atomic mass is 9.96. The summed E-state index contributed by atoms with van der Waals surface area (Å²) in [4.78, 5) is 25.1. The predicted molar refractivity (Wildman–Crippen MR) is 118 cm³/mol. The molecule has 2 aromatic carbocycles. The molecule has 1 fully saturated rings. The number of benzene rings is 2. The third kappa shape index (κ3) is 5.08. The Morgan fingerprint density at radius 3 is 2.41 bits per heavy atom. The van der Waals surface area contributed by atoms with Crippen LogP contribution in [0.5, 0.6) is 0 Å². The highest BCUT2D eigenvalue weighted by molar-refractivity contribution is 7.99. The zero-order chi connectivity index (χ0) is 20.1. The number of piperidine rings is 1. The summed E-state index contributed by atoms with van der Waals surface area (Å²) in [5.74, 6) is 0.937. The number of rotatable bonds is 5. The van der Waals surface area contributed by atoms with Crippen molar-refractivity contribution in [2.24, 2.45) is 5.92 Å². The van der Waals surface area contributed by atoms with Gasteiger partial charge in [0, 0.05) is 47.0 Å². The van der Waals surface area contributed by atoms with Gasteiger partial charge in [-0.05, 0) is 49.2 Å². The van der Waals surface area contributed by atoms with Crippen LogP contribution >= 0.6 is 23.4 Å². The van der Waals surface area contributed by atoms with Crippen LogP contribution in [0.3, 0.4) is 0 Å². The first kappa shape index (κ1) is 19.7. The van der Waals surface area contributed by atoms with Crippen LogP contribution < -0.4 is 10.2 Å². The fraction of sp³-hybridized carbons (Fsp3) is 0.227. The molecule has 0 spiro atoms. The summed E-state index contributed by atoms with van der Waals surface area (Å²) in [7, 11) is 0. The van der Waals surface area contributed by atoms with Crippen LogP contribution in [0, 0.1) is 5.92 Å². The number of halogens is 1. The summed E-state index contributed by atoms with van der Waals surface area (Å²) in [6.45, 7) is 1.56. The number of hydrogen-bond acceptors (Lipinski definition) is 5. The Balaban J connectivity index is 1.38. The molecule has 0 bridgehead atoms. The zero-order valence-electron chi connectivity index (χ0n) is 15.8. The maximum absolute atomic E-state index is 12.6. The first-order chi connectivity index (χ1) is 14.2. The van der Waals surface area contributed by atoms with E-state index >= 15 is 0 Å². The number of hydrogen-bond donors (Lipinski definition) is 1. The number of carbonyl (C=O) groups excluding carboxylic acids is 1. The maximum atomic E-state index is 12.6. The van der Waals surface area contributed by atoms with E-state index in [4.69, 9.17) is 11.6 Å². The van der Waals surface area contributed by atoms with Gasteiger partial charge in [0.25, 0.3) is 0 Å². The maximum Gasteiger partial charge on any atom is 0.227 e. The van der Waals surface area contributed by atoms with Gasteiger partial charge in [-0.2, -0.15) is 0 Å². The second kappa shape index (κ2) is 9.29. The van der Waals surface area contributed by atoms with Gasteiger partial charge in [-0.3, -0.25) is 4.79 Å². The first-order valence-electron chi connectivity index (χ1n) is 9.54. The number of nitrogens with zero attached hydrogens (tertiary/aromatic N) is 3. The number of carbonyl (C=O) groups is 1. The summed E-state index contributed by atoms with van der Waals surface area (Å²) in [6, 6.07) is 17.4. The highest BCUT2D eigenvalue weighted by atomic mass is 35.5. The minimum absolute atomic E-state index is 0.0103. The molecule has 0 atom stereocenters. The minimum Gasteiger partial charge on any atom is -0.354 e.